The Labute approximate surface area is 147 Å². The maximum Gasteiger partial charge on any atom is 0.252 e. The Balaban J connectivity index is 1.74. The SMILES string of the molecule is Cn1cc(-c2cc(N[C@@H]3CCCC[C@@H]3N)cc3c2C(=O)NCC3)cn1. The minimum atomic E-state index is 0.000945. The summed E-state index contributed by atoms with van der Waals surface area (Å²) >= 11 is 0. The largest absolute Gasteiger partial charge is 0.381 e. The number of hydrogen-bond acceptors (Lipinski definition) is 4. The molecule has 6 nitrogen and oxygen atoms in total. The van der Waals surface area contributed by atoms with Crippen molar-refractivity contribution >= 4 is 11.6 Å². The number of benzene rings is 1. The van der Waals surface area contributed by atoms with E-state index in [-0.39, 0.29) is 11.9 Å². The third kappa shape index (κ3) is 3.14. The highest BCUT2D eigenvalue weighted by atomic mass is 16.1. The van der Waals surface area contributed by atoms with Gasteiger partial charge in [0.25, 0.3) is 5.91 Å². The van der Waals surface area contributed by atoms with Crippen molar-refractivity contribution in [3.05, 3.63) is 35.7 Å². The Morgan fingerprint density at radius 3 is 2.92 bits per heavy atom. The van der Waals surface area contributed by atoms with Crippen LogP contribution >= 0.6 is 0 Å². The van der Waals surface area contributed by atoms with Crippen molar-refractivity contribution in [3.8, 4) is 11.1 Å². The number of amides is 1. The molecule has 1 amide bonds. The number of nitrogens with zero attached hydrogens (tertiary/aromatic N) is 2. The van der Waals surface area contributed by atoms with E-state index in [9.17, 15) is 4.79 Å². The summed E-state index contributed by atoms with van der Waals surface area (Å²) in [6.07, 6.45) is 9.21. The zero-order valence-corrected chi connectivity index (χ0v) is 14.6. The van der Waals surface area contributed by atoms with Crippen LogP contribution in [0.25, 0.3) is 11.1 Å². The molecule has 25 heavy (non-hydrogen) atoms. The summed E-state index contributed by atoms with van der Waals surface area (Å²) in [5, 5.41) is 10.9. The molecule has 132 valence electrons. The third-order valence-corrected chi connectivity index (χ3v) is 5.31. The Hall–Kier alpha value is -2.34. The van der Waals surface area contributed by atoms with Gasteiger partial charge in [-0.3, -0.25) is 9.48 Å². The zero-order valence-electron chi connectivity index (χ0n) is 14.6. The van der Waals surface area contributed by atoms with E-state index in [0.717, 1.165) is 47.2 Å². The van der Waals surface area contributed by atoms with Crippen LogP contribution < -0.4 is 16.4 Å². The lowest BCUT2D eigenvalue weighted by atomic mass is 9.89. The second kappa shape index (κ2) is 6.52. The number of aryl methyl sites for hydroxylation is 1. The third-order valence-electron chi connectivity index (χ3n) is 5.31. The minimum Gasteiger partial charge on any atom is -0.381 e. The molecular formula is C19H25N5O. The molecule has 1 aromatic carbocycles. The highest BCUT2D eigenvalue weighted by Crippen LogP contribution is 2.33. The lowest BCUT2D eigenvalue weighted by molar-refractivity contribution is 0.0947. The average molecular weight is 339 g/mol. The second-order valence-corrected chi connectivity index (χ2v) is 7.17. The van der Waals surface area contributed by atoms with Gasteiger partial charge in [-0.25, -0.2) is 0 Å². The predicted molar refractivity (Wildman–Crippen MR) is 98.5 cm³/mol. The fourth-order valence-corrected chi connectivity index (χ4v) is 3.99. The van der Waals surface area contributed by atoms with E-state index in [0.29, 0.717) is 12.6 Å². The van der Waals surface area contributed by atoms with Gasteiger partial charge in [0.05, 0.1) is 11.8 Å². The minimum absolute atomic E-state index is 0.000945. The molecule has 4 N–H and O–H groups in total. The first-order valence-electron chi connectivity index (χ1n) is 9.08. The number of anilines is 1. The van der Waals surface area contributed by atoms with Gasteiger partial charge in [0.1, 0.15) is 0 Å². The van der Waals surface area contributed by atoms with E-state index in [1.54, 1.807) is 4.68 Å². The maximum atomic E-state index is 12.5. The summed E-state index contributed by atoms with van der Waals surface area (Å²) in [5.74, 6) is 0.000945. The Morgan fingerprint density at radius 1 is 1.32 bits per heavy atom. The van der Waals surface area contributed by atoms with Crippen LogP contribution in [-0.4, -0.2) is 34.3 Å². The van der Waals surface area contributed by atoms with Crippen LogP contribution in [0.5, 0.6) is 0 Å². The van der Waals surface area contributed by atoms with Gasteiger partial charge in [-0.1, -0.05) is 12.8 Å². The molecule has 1 fully saturated rings. The molecular weight excluding hydrogens is 314 g/mol. The fourth-order valence-electron chi connectivity index (χ4n) is 3.99. The lowest BCUT2D eigenvalue weighted by Gasteiger charge is -2.31. The van der Waals surface area contributed by atoms with Gasteiger partial charge in [-0.15, -0.1) is 0 Å². The maximum absolute atomic E-state index is 12.5. The molecule has 0 bridgehead atoms. The van der Waals surface area contributed by atoms with Crippen LogP contribution in [0.2, 0.25) is 0 Å². The summed E-state index contributed by atoms with van der Waals surface area (Å²) in [6.45, 7) is 0.685. The molecule has 0 radical (unpaired) electrons. The Bertz CT molecular complexity index is 797. The van der Waals surface area contributed by atoms with Crippen LogP contribution in [-0.2, 0) is 13.5 Å². The quantitative estimate of drug-likeness (QED) is 0.799. The predicted octanol–water partition coefficient (Wildman–Crippen LogP) is 2.05. The number of rotatable bonds is 3. The van der Waals surface area contributed by atoms with Gasteiger partial charge in [0, 0.05) is 43.1 Å². The van der Waals surface area contributed by atoms with E-state index in [2.05, 4.69) is 27.9 Å². The molecule has 1 aliphatic carbocycles. The van der Waals surface area contributed by atoms with E-state index >= 15 is 0 Å². The van der Waals surface area contributed by atoms with Gasteiger partial charge in [-0.2, -0.15) is 5.10 Å². The van der Waals surface area contributed by atoms with Crippen molar-refractivity contribution in [3.63, 3.8) is 0 Å². The number of nitrogens with two attached hydrogens (primary N) is 1. The molecule has 2 atom stereocenters. The normalized spacial score (nSPS) is 23.0. The van der Waals surface area contributed by atoms with E-state index in [1.165, 1.54) is 12.8 Å². The standard InChI is InChI=1S/C19H25N5O/c1-24-11-13(10-22-24)15-9-14(23-17-5-3-2-4-16(17)20)8-12-6-7-21-19(25)18(12)15/h8-11,16-17,23H,2-7,20H2,1H3,(H,21,25)/t16-,17+/m0/s1. The molecule has 2 aliphatic rings. The molecule has 0 unspecified atom stereocenters. The van der Waals surface area contributed by atoms with E-state index in [4.69, 9.17) is 5.73 Å². The highest BCUT2D eigenvalue weighted by molar-refractivity contribution is 6.03. The summed E-state index contributed by atoms with van der Waals surface area (Å²) in [5.41, 5.74) is 11.1. The van der Waals surface area contributed by atoms with Crippen LogP contribution in [0.15, 0.2) is 24.5 Å². The van der Waals surface area contributed by atoms with Crippen molar-refractivity contribution in [2.24, 2.45) is 12.8 Å². The Kier molecular flexibility index (Phi) is 4.21. The first-order valence-corrected chi connectivity index (χ1v) is 9.08. The number of hydrogen-bond donors (Lipinski definition) is 3. The number of nitrogens with one attached hydrogen (secondary N) is 2. The van der Waals surface area contributed by atoms with Gasteiger partial charge in [-0.05, 0) is 42.5 Å². The molecule has 1 aliphatic heterocycles. The van der Waals surface area contributed by atoms with Crippen LogP contribution in [0.3, 0.4) is 0 Å². The Morgan fingerprint density at radius 2 is 2.16 bits per heavy atom. The monoisotopic (exact) mass is 339 g/mol. The lowest BCUT2D eigenvalue weighted by Crippen LogP contribution is -2.42. The van der Waals surface area contributed by atoms with Crippen molar-refractivity contribution in [1.29, 1.82) is 0 Å². The highest BCUT2D eigenvalue weighted by Gasteiger charge is 2.25. The first-order chi connectivity index (χ1) is 12.1. The summed E-state index contributed by atoms with van der Waals surface area (Å²) < 4.78 is 1.76. The van der Waals surface area contributed by atoms with Gasteiger partial charge in [0.15, 0.2) is 0 Å². The van der Waals surface area contributed by atoms with Crippen molar-refractivity contribution in [1.82, 2.24) is 15.1 Å². The van der Waals surface area contributed by atoms with Gasteiger partial charge < -0.3 is 16.4 Å². The van der Waals surface area contributed by atoms with E-state index < -0.39 is 0 Å². The first kappa shape index (κ1) is 16.1. The number of fused-ring (bicyclic) bond motifs is 1. The number of carbonyl (C=O) groups excluding carboxylic acids is 1. The molecule has 1 saturated carbocycles. The second-order valence-electron chi connectivity index (χ2n) is 7.17. The van der Waals surface area contributed by atoms with E-state index in [1.807, 2.05) is 19.4 Å². The average Bonchev–Trinajstić information content (AvgIpc) is 3.03. The molecule has 2 heterocycles. The topological polar surface area (TPSA) is 85.0 Å². The summed E-state index contributed by atoms with van der Waals surface area (Å²) in [7, 11) is 1.89. The van der Waals surface area contributed by atoms with Crippen molar-refractivity contribution in [2.45, 2.75) is 44.2 Å². The zero-order chi connectivity index (χ0) is 17.4. The molecule has 0 spiro atoms. The molecule has 1 aromatic heterocycles. The van der Waals surface area contributed by atoms with Crippen molar-refractivity contribution in [2.75, 3.05) is 11.9 Å². The molecule has 4 rings (SSSR count). The number of carbonyl (C=O) groups is 1. The van der Waals surface area contributed by atoms with Gasteiger partial charge in [0.2, 0.25) is 0 Å². The summed E-state index contributed by atoms with van der Waals surface area (Å²) in [6, 6.07) is 4.68. The van der Waals surface area contributed by atoms with Crippen LogP contribution in [0.4, 0.5) is 5.69 Å². The molecule has 2 aromatic rings. The smallest absolute Gasteiger partial charge is 0.252 e. The van der Waals surface area contributed by atoms with Crippen LogP contribution in [0.1, 0.15) is 41.6 Å². The van der Waals surface area contributed by atoms with Gasteiger partial charge >= 0.3 is 0 Å². The summed E-state index contributed by atoms with van der Waals surface area (Å²) in [4.78, 5) is 12.5. The molecule has 0 saturated heterocycles. The van der Waals surface area contributed by atoms with Crippen molar-refractivity contribution < 1.29 is 4.79 Å². The molecule has 6 heteroatoms. The number of aromatic nitrogens is 2. The van der Waals surface area contributed by atoms with Crippen LogP contribution in [0, 0.1) is 0 Å². The fraction of sp³-hybridized carbons (Fsp3) is 0.474.